The summed E-state index contributed by atoms with van der Waals surface area (Å²) >= 11 is 0. The third-order valence-corrected chi connectivity index (χ3v) is 2.57. The van der Waals surface area contributed by atoms with Gasteiger partial charge in [0.1, 0.15) is 0 Å². The van der Waals surface area contributed by atoms with E-state index in [1.807, 2.05) is 20.8 Å². The van der Waals surface area contributed by atoms with Crippen LogP contribution in [0.3, 0.4) is 0 Å². The molecule has 1 rings (SSSR count). The van der Waals surface area contributed by atoms with Crippen LogP contribution < -0.4 is 5.56 Å². The van der Waals surface area contributed by atoms with E-state index in [0.717, 1.165) is 5.69 Å². The van der Waals surface area contributed by atoms with Crippen molar-refractivity contribution in [2.45, 2.75) is 46.1 Å². The van der Waals surface area contributed by atoms with Crippen LogP contribution in [0.2, 0.25) is 0 Å². The molecule has 17 heavy (non-hydrogen) atoms. The highest BCUT2D eigenvalue weighted by atomic mass is 16.4. The summed E-state index contributed by atoms with van der Waals surface area (Å²) in [6.45, 7) is 6.33. The third-order valence-electron chi connectivity index (χ3n) is 2.57. The van der Waals surface area contributed by atoms with Crippen LogP contribution in [0.4, 0.5) is 0 Å². The van der Waals surface area contributed by atoms with Crippen LogP contribution in [0.25, 0.3) is 0 Å². The van der Waals surface area contributed by atoms with Crippen molar-refractivity contribution in [2.24, 2.45) is 0 Å². The molecule has 0 aliphatic rings. The molecule has 94 valence electrons. The number of hydrogen-bond acceptors (Lipinski definition) is 3. The fourth-order valence-corrected chi connectivity index (χ4v) is 1.54. The summed E-state index contributed by atoms with van der Waals surface area (Å²) in [5, 5.41) is 12.9. The lowest BCUT2D eigenvalue weighted by Crippen LogP contribution is -2.27. The molecule has 0 spiro atoms. The van der Waals surface area contributed by atoms with Crippen molar-refractivity contribution < 1.29 is 9.90 Å². The summed E-state index contributed by atoms with van der Waals surface area (Å²) in [5.74, 6) is -0.674. The molecule has 0 atom stereocenters. The van der Waals surface area contributed by atoms with Gasteiger partial charge in [-0.15, -0.1) is 0 Å². The van der Waals surface area contributed by atoms with Gasteiger partial charge < -0.3 is 5.11 Å². The van der Waals surface area contributed by atoms with Gasteiger partial charge in [0.15, 0.2) is 0 Å². The molecule has 0 saturated heterocycles. The van der Waals surface area contributed by atoms with Crippen LogP contribution in [0.5, 0.6) is 0 Å². The van der Waals surface area contributed by atoms with Gasteiger partial charge in [-0.2, -0.15) is 5.10 Å². The number of hydrogen-bond donors (Lipinski definition) is 1. The number of nitrogens with zero attached hydrogens (tertiary/aromatic N) is 2. The van der Waals surface area contributed by atoms with Crippen LogP contribution in [-0.4, -0.2) is 20.9 Å². The van der Waals surface area contributed by atoms with Crippen LogP contribution >= 0.6 is 0 Å². The first-order valence-corrected chi connectivity index (χ1v) is 5.78. The highest BCUT2D eigenvalue weighted by Crippen LogP contribution is 2.11. The summed E-state index contributed by atoms with van der Waals surface area (Å²) in [5.41, 5.74) is 1.18. The predicted octanol–water partition coefficient (Wildman–Crippen LogP) is 1.40. The van der Waals surface area contributed by atoms with Crippen molar-refractivity contribution in [3.63, 3.8) is 0 Å². The summed E-state index contributed by atoms with van der Waals surface area (Å²) in [6, 6.07) is 1.72. The van der Waals surface area contributed by atoms with Crippen molar-refractivity contribution >= 4 is 5.97 Å². The first-order chi connectivity index (χ1) is 7.95. The van der Waals surface area contributed by atoms with E-state index in [2.05, 4.69) is 5.10 Å². The second kappa shape index (κ2) is 5.61. The van der Waals surface area contributed by atoms with E-state index in [1.54, 1.807) is 6.07 Å². The molecule has 0 saturated carbocycles. The maximum atomic E-state index is 11.9. The van der Waals surface area contributed by atoms with Gasteiger partial charge in [0.2, 0.25) is 0 Å². The average Bonchev–Trinajstić information content (AvgIpc) is 2.27. The Kier molecular flexibility index (Phi) is 4.43. The molecule has 0 radical (unpaired) electrons. The van der Waals surface area contributed by atoms with E-state index in [0.29, 0.717) is 12.1 Å². The van der Waals surface area contributed by atoms with Gasteiger partial charge >= 0.3 is 5.97 Å². The maximum absolute atomic E-state index is 11.9. The van der Waals surface area contributed by atoms with Gasteiger partial charge in [0, 0.05) is 18.5 Å². The minimum Gasteiger partial charge on any atom is -0.481 e. The lowest BCUT2D eigenvalue weighted by molar-refractivity contribution is -0.136. The van der Waals surface area contributed by atoms with Gasteiger partial charge in [-0.25, -0.2) is 4.68 Å². The number of carboxylic acid groups (broad SMARTS) is 1. The van der Waals surface area contributed by atoms with E-state index < -0.39 is 5.97 Å². The zero-order valence-electron chi connectivity index (χ0n) is 10.4. The van der Waals surface area contributed by atoms with Crippen molar-refractivity contribution in [3.05, 3.63) is 27.7 Å². The Balaban J connectivity index is 3.13. The van der Waals surface area contributed by atoms with E-state index >= 15 is 0 Å². The summed E-state index contributed by atoms with van der Waals surface area (Å²) in [6.07, 6.45) is 0.233. The molecule has 0 aromatic carbocycles. The Morgan fingerprint density at radius 1 is 1.53 bits per heavy atom. The quantitative estimate of drug-likeness (QED) is 0.841. The first-order valence-electron chi connectivity index (χ1n) is 5.78. The van der Waals surface area contributed by atoms with E-state index in [1.165, 1.54) is 4.68 Å². The molecule has 0 aliphatic heterocycles. The van der Waals surface area contributed by atoms with Gasteiger partial charge in [-0.1, -0.05) is 13.8 Å². The Morgan fingerprint density at radius 3 is 2.65 bits per heavy atom. The fourth-order valence-electron chi connectivity index (χ4n) is 1.54. The number of carbonyl (C=O) groups is 1. The van der Waals surface area contributed by atoms with Gasteiger partial charge in [0.25, 0.3) is 5.56 Å². The topological polar surface area (TPSA) is 72.2 Å². The third kappa shape index (κ3) is 3.41. The Labute approximate surface area is 100 Å². The fraction of sp³-hybridized carbons (Fsp3) is 0.583. The molecule has 1 heterocycles. The van der Waals surface area contributed by atoms with Crippen molar-refractivity contribution in [2.75, 3.05) is 0 Å². The SMILES string of the molecule is CCn1nc(C(C)C)cc(CCC(=O)O)c1=O. The minimum atomic E-state index is -0.893. The second-order valence-corrected chi connectivity index (χ2v) is 4.26. The molecule has 0 fully saturated rings. The molecule has 5 nitrogen and oxygen atoms in total. The minimum absolute atomic E-state index is 0.0273. The molecule has 1 aromatic heterocycles. The number of aromatic nitrogens is 2. The Morgan fingerprint density at radius 2 is 2.18 bits per heavy atom. The molecule has 0 bridgehead atoms. The standard InChI is InChI=1S/C12H18N2O3/c1-4-14-12(17)9(5-6-11(15)16)7-10(13-14)8(2)3/h7-8H,4-6H2,1-3H3,(H,15,16). The van der Waals surface area contributed by atoms with Gasteiger partial charge in [-0.3, -0.25) is 9.59 Å². The summed E-state index contributed by atoms with van der Waals surface area (Å²) < 4.78 is 1.40. The number of aliphatic carboxylic acids is 1. The molecule has 5 heteroatoms. The molecule has 0 unspecified atom stereocenters. The van der Waals surface area contributed by atoms with Crippen molar-refractivity contribution in [1.82, 2.24) is 9.78 Å². The van der Waals surface area contributed by atoms with Crippen LogP contribution in [0.15, 0.2) is 10.9 Å². The monoisotopic (exact) mass is 238 g/mol. The number of carboxylic acids is 1. The molecule has 1 N–H and O–H groups in total. The largest absolute Gasteiger partial charge is 0.481 e. The highest BCUT2D eigenvalue weighted by molar-refractivity contribution is 5.67. The van der Waals surface area contributed by atoms with Crippen LogP contribution in [-0.2, 0) is 17.8 Å². The second-order valence-electron chi connectivity index (χ2n) is 4.26. The average molecular weight is 238 g/mol. The smallest absolute Gasteiger partial charge is 0.303 e. The van der Waals surface area contributed by atoms with Crippen molar-refractivity contribution in [1.29, 1.82) is 0 Å². The van der Waals surface area contributed by atoms with Crippen molar-refractivity contribution in [3.8, 4) is 0 Å². The highest BCUT2D eigenvalue weighted by Gasteiger charge is 2.11. The van der Waals surface area contributed by atoms with E-state index in [9.17, 15) is 9.59 Å². The number of aryl methyl sites for hydroxylation is 2. The normalized spacial score (nSPS) is 10.8. The lowest BCUT2D eigenvalue weighted by atomic mass is 10.1. The molecular formula is C12H18N2O3. The first kappa shape index (κ1) is 13.4. The molecular weight excluding hydrogens is 220 g/mol. The number of rotatable bonds is 5. The molecule has 0 amide bonds. The molecule has 1 aromatic rings. The Bertz CT molecular complexity index is 463. The van der Waals surface area contributed by atoms with Gasteiger partial charge in [-0.05, 0) is 25.3 Å². The maximum Gasteiger partial charge on any atom is 0.303 e. The van der Waals surface area contributed by atoms with Crippen LogP contribution in [0, 0.1) is 0 Å². The van der Waals surface area contributed by atoms with E-state index in [4.69, 9.17) is 5.11 Å². The zero-order valence-corrected chi connectivity index (χ0v) is 10.4. The molecule has 0 aliphatic carbocycles. The summed E-state index contributed by atoms with van der Waals surface area (Å²) in [7, 11) is 0. The lowest BCUT2D eigenvalue weighted by Gasteiger charge is -2.10. The summed E-state index contributed by atoms with van der Waals surface area (Å²) in [4.78, 5) is 22.4. The van der Waals surface area contributed by atoms with Crippen LogP contribution in [0.1, 0.15) is 44.4 Å². The Hall–Kier alpha value is -1.65. The van der Waals surface area contributed by atoms with Gasteiger partial charge in [0.05, 0.1) is 5.69 Å². The zero-order chi connectivity index (χ0) is 13.0. The predicted molar refractivity (Wildman–Crippen MR) is 64.2 cm³/mol. The van der Waals surface area contributed by atoms with E-state index in [-0.39, 0.29) is 24.3 Å².